The molecule has 1 aromatic rings. The lowest BCUT2D eigenvalue weighted by molar-refractivity contribution is -0.134. The van der Waals surface area contributed by atoms with Gasteiger partial charge in [0.2, 0.25) is 5.91 Å². The fourth-order valence-corrected chi connectivity index (χ4v) is 2.70. The van der Waals surface area contributed by atoms with Crippen molar-refractivity contribution in [1.82, 2.24) is 10.2 Å². The van der Waals surface area contributed by atoms with Gasteiger partial charge < -0.3 is 10.0 Å². The van der Waals surface area contributed by atoms with E-state index in [1.54, 1.807) is 0 Å². The predicted octanol–water partition coefficient (Wildman–Crippen LogP) is 1.71. The third-order valence-electron chi connectivity index (χ3n) is 3.87. The molecule has 1 heterocycles. The highest BCUT2D eigenvalue weighted by atomic mass is 16.3. The van der Waals surface area contributed by atoms with Gasteiger partial charge in [-0.25, -0.2) is 0 Å². The molecule has 0 aromatic heterocycles. The first kappa shape index (κ1) is 15.0. The fourth-order valence-electron chi connectivity index (χ4n) is 2.70. The summed E-state index contributed by atoms with van der Waals surface area (Å²) in [6.07, 6.45) is 3.41. The highest BCUT2D eigenvalue weighted by Gasteiger charge is 2.24. The summed E-state index contributed by atoms with van der Waals surface area (Å²) in [5.74, 6) is 0.138. The maximum Gasteiger partial charge on any atom is 0.239 e. The topological polar surface area (TPSA) is 52.6 Å². The molecule has 1 amide bonds. The average Bonchev–Trinajstić information content (AvgIpc) is 2.53. The Morgan fingerprint density at radius 1 is 1.25 bits per heavy atom. The molecule has 0 saturated carbocycles. The minimum atomic E-state index is -0.273. The monoisotopic (exact) mass is 276 g/mol. The molecule has 0 aliphatic carbocycles. The van der Waals surface area contributed by atoms with Crippen molar-refractivity contribution in [2.24, 2.45) is 0 Å². The molecule has 0 bridgehead atoms. The zero-order chi connectivity index (χ0) is 14.4. The van der Waals surface area contributed by atoms with E-state index in [4.69, 9.17) is 0 Å². The van der Waals surface area contributed by atoms with Crippen molar-refractivity contribution in [2.75, 3.05) is 19.7 Å². The van der Waals surface area contributed by atoms with Gasteiger partial charge in [-0.3, -0.25) is 10.1 Å². The minimum Gasteiger partial charge on any atom is -0.394 e. The van der Waals surface area contributed by atoms with E-state index < -0.39 is 0 Å². The number of nitrogens with zero attached hydrogens (tertiary/aromatic N) is 1. The molecule has 4 nitrogen and oxygen atoms in total. The summed E-state index contributed by atoms with van der Waals surface area (Å²) in [6.45, 7) is 3.59. The molecule has 110 valence electrons. The van der Waals surface area contributed by atoms with Crippen LogP contribution in [0.4, 0.5) is 0 Å². The van der Waals surface area contributed by atoms with E-state index in [-0.39, 0.29) is 24.6 Å². The number of aliphatic hydroxyl groups is 1. The zero-order valence-electron chi connectivity index (χ0n) is 12.1. The zero-order valence-corrected chi connectivity index (χ0v) is 12.1. The Kier molecular flexibility index (Phi) is 5.56. The van der Waals surface area contributed by atoms with Gasteiger partial charge in [0.1, 0.15) is 0 Å². The summed E-state index contributed by atoms with van der Waals surface area (Å²) in [5, 5.41) is 12.8. The third kappa shape index (κ3) is 3.81. The molecule has 0 spiro atoms. The number of nitrogens with one attached hydrogen (secondary N) is 1. The number of hydrogen-bond donors (Lipinski definition) is 2. The highest BCUT2D eigenvalue weighted by molar-refractivity contribution is 5.81. The standard InChI is InChI=1S/C16H24N2O2/c1-13(16(20)18-10-6-3-7-11-18)17-15(12-19)14-8-4-2-5-9-14/h2,4-5,8-9,13,15,17,19H,3,6-7,10-12H2,1H3. The summed E-state index contributed by atoms with van der Waals surface area (Å²) >= 11 is 0. The number of likely N-dealkylation sites (tertiary alicyclic amines) is 1. The third-order valence-corrected chi connectivity index (χ3v) is 3.87. The van der Waals surface area contributed by atoms with Gasteiger partial charge in [-0.2, -0.15) is 0 Å². The van der Waals surface area contributed by atoms with Crippen molar-refractivity contribution >= 4 is 5.91 Å². The van der Waals surface area contributed by atoms with Crippen LogP contribution in [-0.4, -0.2) is 41.7 Å². The number of rotatable bonds is 5. The molecule has 4 heteroatoms. The van der Waals surface area contributed by atoms with Gasteiger partial charge in [-0.05, 0) is 31.7 Å². The van der Waals surface area contributed by atoms with E-state index in [0.717, 1.165) is 31.5 Å². The Labute approximate surface area is 120 Å². The van der Waals surface area contributed by atoms with Crippen LogP contribution < -0.4 is 5.32 Å². The molecule has 1 saturated heterocycles. The van der Waals surface area contributed by atoms with Crippen LogP contribution in [0, 0.1) is 0 Å². The Balaban J connectivity index is 1.94. The summed E-state index contributed by atoms with van der Waals surface area (Å²) in [6, 6.07) is 9.29. The van der Waals surface area contributed by atoms with Gasteiger partial charge in [0.05, 0.1) is 18.7 Å². The largest absolute Gasteiger partial charge is 0.394 e. The van der Waals surface area contributed by atoms with E-state index in [2.05, 4.69) is 5.32 Å². The quantitative estimate of drug-likeness (QED) is 0.861. The van der Waals surface area contributed by atoms with E-state index in [1.165, 1.54) is 6.42 Å². The molecule has 1 aromatic carbocycles. The van der Waals surface area contributed by atoms with Gasteiger partial charge in [0.15, 0.2) is 0 Å². The number of benzene rings is 1. The lowest BCUT2D eigenvalue weighted by Gasteiger charge is -2.31. The Morgan fingerprint density at radius 3 is 2.50 bits per heavy atom. The molecule has 1 aliphatic rings. The summed E-state index contributed by atoms with van der Waals surface area (Å²) < 4.78 is 0. The molecule has 2 N–H and O–H groups in total. The molecule has 2 rings (SSSR count). The van der Waals surface area contributed by atoms with Gasteiger partial charge in [0, 0.05) is 13.1 Å². The number of amides is 1. The van der Waals surface area contributed by atoms with Crippen LogP contribution in [0.5, 0.6) is 0 Å². The van der Waals surface area contributed by atoms with Crippen LogP contribution in [0.25, 0.3) is 0 Å². The second kappa shape index (κ2) is 7.41. The maximum absolute atomic E-state index is 12.4. The van der Waals surface area contributed by atoms with Gasteiger partial charge in [-0.1, -0.05) is 30.3 Å². The Hall–Kier alpha value is -1.39. The van der Waals surface area contributed by atoms with Crippen molar-refractivity contribution in [3.8, 4) is 0 Å². The second-order valence-corrected chi connectivity index (χ2v) is 5.42. The molecular weight excluding hydrogens is 252 g/mol. The number of carbonyl (C=O) groups excluding carboxylic acids is 1. The summed E-state index contributed by atoms with van der Waals surface area (Å²) in [7, 11) is 0. The van der Waals surface area contributed by atoms with Crippen LogP contribution in [0.3, 0.4) is 0 Å². The van der Waals surface area contributed by atoms with Crippen LogP contribution >= 0.6 is 0 Å². The van der Waals surface area contributed by atoms with Crippen molar-refractivity contribution in [2.45, 2.75) is 38.3 Å². The molecular formula is C16H24N2O2. The summed E-state index contributed by atoms with van der Waals surface area (Å²) in [4.78, 5) is 14.3. The normalized spacial score (nSPS) is 18.6. The van der Waals surface area contributed by atoms with Gasteiger partial charge >= 0.3 is 0 Å². The Morgan fingerprint density at radius 2 is 1.90 bits per heavy atom. The number of piperidine rings is 1. The molecule has 20 heavy (non-hydrogen) atoms. The average molecular weight is 276 g/mol. The van der Waals surface area contributed by atoms with Crippen molar-refractivity contribution in [3.05, 3.63) is 35.9 Å². The molecule has 2 atom stereocenters. The molecule has 2 unspecified atom stereocenters. The first-order valence-electron chi connectivity index (χ1n) is 7.43. The maximum atomic E-state index is 12.4. The second-order valence-electron chi connectivity index (χ2n) is 5.42. The molecule has 0 radical (unpaired) electrons. The minimum absolute atomic E-state index is 0.0123. The van der Waals surface area contributed by atoms with E-state index in [1.807, 2.05) is 42.2 Å². The first-order valence-corrected chi connectivity index (χ1v) is 7.43. The van der Waals surface area contributed by atoms with Crippen LogP contribution in [-0.2, 0) is 4.79 Å². The SMILES string of the molecule is CC(NC(CO)c1ccccc1)C(=O)N1CCCCC1. The number of aliphatic hydroxyl groups excluding tert-OH is 1. The molecule has 1 aliphatic heterocycles. The van der Waals surface area contributed by atoms with Crippen LogP contribution in [0.15, 0.2) is 30.3 Å². The number of carbonyl (C=O) groups is 1. The van der Waals surface area contributed by atoms with Gasteiger partial charge in [0.25, 0.3) is 0 Å². The highest BCUT2D eigenvalue weighted by Crippen LogP contribution is 2.14. The predicted molar refractivity (Wildman–Crippen MR) is 79.3 cm³/mol. The lowest BCUT2D eigenvalue weighted by Crippen LogP contribution is -2.48. The first-order chi connectivity index (χ1) is 9.72. The molecule has 1 fully saturated rings. The van der Waals surface area contributed by atoms with E-state index in [0.29, 0.717) is 0 Å². The lowest BCUT2D eigenvalue weighted by atomic mass is 10.1. The number of hydrogen-bond acceptors (Lipinski definition) is 3. The van der Waals surface area contributed by atoms with E-state index in [9.17, 15) is 9.90 Å². The van der Waals surface area contributed by atoms with Crippen molar-refractivity contribution < 1.29 is 9.90 Å². The van der Waals surface area contributed by atoms with Crippen LogP contribution in [0.2, 0.25) is 0 Å². The van der Waals surface area contributed by atoms with Gasteiger partial charge in [-0.15, -0.1) is 0 Å². The summed E-state index contributed by atoms with van der Waals surface area (Å²) in [5.41, 5.74) is 1.01. The fraction of sp³-hybridized carbons (Fsp3) is 0.562. The van der Waals surface area contributed by atoms with Crippen molar-refractivity contribution in [3.63, 3.8) is 0 Å². The Bertz CT molecular complexity index is 416. The smallest absolute Gasteiger partial charge is 0.239 e. The van der Waals surface area contributed by atoms with Crippen LogP contribution in [0.1, 0.15) is 37.8 Å². The van der Waals surface area contributed by atoms with Crippen molar-refractivity contribution in [1.29, 1.82) is 0 Å². The van der Waals surface area contributed by atoms with E-state index >= 15 is 0 Å².